The number of halogens is 3. The molecule has 2 N–H and O–H groups in total. The summed E-state index contributed by atoms with van der Waals surface area (Å²) < 4.78 is 53.5. The van der Waals surface area contributed by atoms with E-state index in [0.717, 1.165) is 0 Å². The van der Waals surface area contributed by atoms with Crippen molar-refractivity contribution in [1.29, 1.82) is 0 Å². The molecule has 3 aromatic rings. The zero-order valence-electron chi connectivity index (χ0n) is 26.2. The first kappa shape index (κ1) is 35.5. The fraction of sp³-hybridized carbons (Fsp3) is 0.438. The normalized spacial score (nSPS) is 12.8. The predicted molar refractivity (Wildman–Crippen MR) is 169 cm³/mol. The summed E-state index contributed by atoms with van der Waals surface area (Å²) in [6, 6.07) is 15.3. The van der Waals surface area contributed by atoms with Crippen LogP contribution in [0.1, 0.15) is 39.2 Å². The van der Waals surface area contributed by atoms with Gasteiger partial charge in [-0.3, -0.25) is 24.5 Å². The lowest BCUT2D eigenvalue weighted by molar-refractivity contribution is -0.184. The quantitative estimate of drug-likeness (QED) is 0.157. The summed E-state index contributed by atoms with van der Waals surface area (Å²) in [5.74, 6) is -2.22. The van der Waals surface area contributed by atoms with E-state index in [1.165, 1.54) is 10.6 Å². The summed E-state index contributed by atoms with van der Waals surface area (Å²) >= 11 is 0. The largest absolute Gasteiger partial charge is 0.444 e. The van der Waals surface area contributed by atoms with Crippen molar-refractivity contribution < 1.29 is 31.9 Å². The molecule has 0 aliphatic carbocycles. The third-order valence-corrected chi connectivity index (χ3v) is 12.4. The molecule has 0 aliphatic heterocycles. The highest BCUT2D eigenvalue weighted by molar-refractivity contribution is 6.74. The molecule has 2 amide bonds. The van der Waals surface area contributed by atoms with Gasteiger partial charge in [0.1, 0.15) is 18.8 Å². The third kappa shape index (κ3) is 10.6. The number of carbonyl (C=O) groups is 2. The van der Waals surface area contributed by atoms with E-state index in [9.17, 15) is 27.6 Å². The monoisotopic (exact) mass is 646 g/mol. The summed E-state index contributed by atoms with van der Waals surface area (Å²) in [5.41, 5.74) is 1.04. The molecule has 0 spiro atoms. The Balaban J connectivity index is 1.66. The van der Waals surface area contributed by atoms with Gasteiger partial charge in [-0.25, -0.2) is 4.79 Å². The van der Waals surface area contributed by atoms with Crippen molar-refractivity contribution in [3.8, 4) is 11.3 Å². The molecule has 45 heavy (non-hydrogen) atoms. The van der Waals surface area contributed by atoms with E-state index in [2.05, 4.69) is 15.6 Å². The lowest BCUT2D eigenvalue weighted by Gasteiger charge is -2.37. The molecule has 0 aliphatic rings. The Hall–Kier alpha value is -3.97. The molecule has 1 aromatic carbocycles. The number of nitrogens with one attached hydrogen (secondary N) is 2. The fourth-order valence-electron chi connectivity index (χ4n) is 4.11. The highest BCUT2D eigenvalue weighted by Crippen LogP contribution is 2.38. The number of carbonyl (C=O) groups excluding carboxylic acids is 2. The number of pyridine rings is 2. The second-order valence-corrected chi connectivity index (χ2v) is 17.1. The smallest absolute Gasteiger partial charge is 0.412 e. The second-order valence-electron chi connectivity index (χ2n) is 12.2. The van der Waals surface area contributed by atoms with E-state index in [1.807, 2.05) is 33.9 Å². The van der Waals surface area contributed by atoms with Gasteiger partial charge in [0, 0.05) is 25.5 Å². The highest BCUT2D eigenvalue weighted by Gasteiger charge is 2.43. The molecular weight excluding hydrogens is 605 g/mol. The van der Waals surface area contributed by atoms with Crippen molar-refractivity contribution in [2.45, 2.75) is 71.1 Å². The molecule has 0 saturated heterocycles. The molecule has 2 heterocycles. The summed E-state index contributed by atoms with van der Waals surface area (Å²) in [7, 11) is -2.37. The molecule has 13 heteroatoms. The summed E-state index contributed by atoms with van der Waals surface area (Å²) in [6.07, 6.45) is -2.32. The minimum Gasteiger partial charge on any atom is -0.444 e. The van der Waals surface area contributed by atoms with Crippen LogP contribution in [0.4, 0.5) is 23.7 Å². The molecule has 3 rings (SSSR count). The van der Waals surface area contributed by atoms with Crippen LogP contribution in [0.15, 0.2) is 71.8 Å². The van der Waals surface area contributed by atoms with E-state index in [0.29, 0.717) is 16.8 Å². The minimum absolute atomic E-state index is 0.0137. The second kappa shape index (κ2) is 15.3. The Morgan fingerprint density at radius 3 is 2.29 bits per heavy atom. The minimum atomic E-state index is -4.43. The van der Waals surface area contributed by atoms with Gasteiger partial charge < -0.3 is 14.5 Å². The van der Waals surface area contributed by atoms with Crippen molar-refractivity contribution in [2.75, 3.05) is 18.5 Å². The number of anilines is 1. The van der Waals surface area contributed by atoms with Gasteiger partial charge in [-0.15, -0.1) is 0 Å². The van der Waals surface area contributed by atoms with Crippen molar-refractivity contribution >= 4 is 26.0 Å². The van der Waals surface area contributed by atoms with E-state index in [-0.39, 0.29) is 36.7 Å². The maximum absolute atomic E-state index is 13.7. The molecule has 0 saturated carbocycles. The lowest BCUT2D eigenvalue weighted by atomic mass is 10.0. The molecule has 1 atom stereocenters. The zero-order chi connectivity index (χ0) is 33.3. The number of aromatic nitrogens is 2. The number of hydrogen-bond donors (Lipinski definition) is 2. The molecule has 1 unspecified atom stereocenters. The van der Waals surface area contributed by atoms with E-state index in [1.54, 1.807) is 60.9 Å². The topological polar surface area (TPSA) is 112 Å². The first-order valence-corrected chi connectivity index (χ1v) is 17.6. The Morgan fingerprint density at radius 2 is 1.67 bits per heavy atom. The first-order valence-electron chi connectivity index (χ1n) is 14.7. The SMILES string of the molecule is CC(C)(C)[Si](C)(C)OCC(CCCNC(=O)Cn1c(-c2ccccc2)ccc(NC(=O)OCc2ccncc2)c1=O)C(F)(F)F. The van der Waals surface area contributed by atoms with Crippen LogP contribution in [-0.2, 0) is 27.1 Å². The molecule has 0 fully saturated rings. The first-order chi connectivity index (χ1) is 21.1. The van der Waals surface area contributed by atoms with Crippen LogP contribution in [0, 0.1) is 5.92 Å². The Labute approximate surface area is 262 Å². The maximum atomic E-state index is 13.7. The number of amides is 2. The number of hydrogen-bond acceptors (Lipinski definition) is 6. The average Bonchev–Trinajstić information content (AvgIpc) is 2.97. The summed E-state index contributed by atoms with van der Waals surface area (Å²) in [6.45, 7) is 8.82. The number of ether oxygens (including phenoxy) is 1. The number of benzene rings is 1. The van der Waals surface area contributed by atoms with E-state index >= 15 is 0 Å². The number of alkyl halides is 3. The summed E-state index contributed by atoms with van der Waals surface area (Å²) in [5, 5.41) is 4.83. The van der Waals surface area contributed by atoms with Crippen LogP contribution in [0.2, 0.25) is 18.1 Å². The zero-order valence-corrected chi connectivity index (χ0v) is 27.2. The van der Waals surface area contributed by atoms with Crippen LogP contribution in [0.3, 0.4) is 0 Å². The van der Waals surface area contributed by atoms with Gasteiger partial charge >= 0.3 is 12.3 Å². The highest BCUT2D eigenvalue weighted by atomic mass is 28.4. The molecular formula is C32H41F3N4O5Si. The van der Waals surface area contributed by atoms with Crippen molar-refractivity contribution in [3.63, 3.8) is 0 Å². The fourth-order valence-corrected chi connectivity index (χ4v) is 5.16. The average molecular weight is 647 g/mol. The van der Waals surface area contributed by atoms with Gasteiger partial charge in [0.05, 0.1) is 11.6 Å². The lowest BCUT2D eigenvalue weighted by Crippen LogP contribution is -2.43. The van der Waals surface area contributed by atoms with Crippen molar-refractivity contribution in [3.05, 3.63) is 82.9 Å². The van der Waals surface area contributed by atoms with E-state index in [4.69, 9.17) is 9.16 Å². The number of nitrogens with zero attached hydrogens (tertiary/aromatic N) is 2. The van der Waals surface area contributed by atoms with Gasteiger partial charge in [-0.05, 0) is 66.4 Å². The maximum Gasteiger partial charge on any atom is 0.412 e. The van der Waals surface area contributed by atoms with Crippen LogP contribution in [0.5, 0.6) is 0 Å². The van der Waals surface area contributed by atoms with Crippen molar-refractivity contribution in [2.24, 2.45) is 5.92 Å². The van der Waals surface area contributed by atoms with Gasteiger partial charge in [0.2, 0.25) is 5.91 Å². The van der Waals surface area contributed by atoms with Crippen LogP contribution >= 0.6 is 0 Å². The van der Waals surface area contributed by atoms with Gasteiger partial charge in [-0.2, -0.15) is 13.2 Å². The molecule has 0 bridgehead atoms. The van der Waals surface area contributed by atoms with Crippen LogP contribution in [0.25, 0.3) is 11.3 Å². The van der Waals surface area contributed by atoms with Crippen LogP contribution < -0.4 is 16.2 Å². The van der Waals surface area contributed by atoms with Gasteiger partial charge in [0.25, 0.3) is 5.56 Å². The van der Waals surface area contributed by atoms with E-state index < -0.39 is 51.1 Å². The summed E-state index contributed by atoms with van der Waals surface area (Å²) in [4.78, 5) is 42.7. The number of rotatable bonds is 13. The third-order valence-electron chi connectivity index (χ3n) is 7.87. The molecule has 244 valence electrons. The molecule has 0 radical (unpaired) electrons. The Morgan fingerprint density at radius 1 is 1.00 bits per heavy atom. The Kier molecular flexibility index (Phi) is 12.1. The van der Waals surface area contributed by atoms with Gasteiger partial charge in [-0.1, -0.05) is 51.1 Å². The molecule has 9 nitrogen and oxygen atoms in total. The molecule has 2 aromatic heterocycles. The van der Waals surface area contributed by atoms with Crippen molar-refractivity contribution in [1.82, 2.24) is 14.9 Å². The standard InChI is InChI=1S/C32H41F3N4O5Si/c1-31(2,3)45(4,5)44-22-25(32(33,34)35)12-9-17-37-28(40)20-39-27(24-10-7-6-8-11-24)14-13-26(29(39)41)38-30(42)43-21-23-15-18-36-19-16-23/h6-8,10-11,13-16,18-19,25H,9,12,17,20-22H2,1-5H3,(H,37,40)(H,38,42). The predicted octanol–water partition coefficient (Wildman–Crippen LogP) is 6.76. The van der Waals surface area contributed by atoms with Gasteiger partial charge in [0.15, 0.2) is 8.32 Å². The van der Waals surface area contributed by atoms with Crippen LogP contribution in [-0.4, -0.2) is 49.2 Å². The Bertz CT molecular complexity index is 1480.